The zero-order valence-electron chi connectivity index (χ0n) is 11.9. The number of carboxylic acid groups (broad SMARTS) is 1. The number of benzene rings is 1. The van der Waals surface area contributed by atoms with Gasteiger partial charge in [0.1, 0.15) is 17.4 Å². The smallest absolute Gasteiger partial charge is 0.335 e. The molecule has 0 atom stereocenters. The van der Waals surface area contributed by atoms with Crippen LogP contribution in [-0.4, -0.2) is 17.0 Å². The highest BCUT2D eigenvalue weighted by atomic mass is 16.4. The second-order valence-corrected chi connectivity index (χ2v) is 4.40. The van der Waals surface area contributed by atoms with Gasteiger partial charge in [-0.05, 0) is 48.6 Å². The van der Waals surface area contributed by atoms with Crippen molar-refractivity contribution in [3.8, 4) is 6.07 Å². The lowest BCUT2D eigenvalue weighted by molar-refractivity contribution is -0.112. The number of allylic oxidation sites excluding steroid dienone is 2. The number of carboxylic acids is 1. The first-order chi connectivity index (χ1) is 11.1. The van der Waals surface area contributed by atoms with Gasteiger partial charge in [-0.2, -0.15) is 5.26 Å². The van der Waals surface area contributed by atoms with E-state index in [2.05, 4.69) is 5.32 Å². The number of anilines is 1. The fraction of sp³-hybridized carbons (Fsp3) is 0. The van der Waals surface area contributed by atoms with Gasteiger partial charge in [-0.1, -0.05) is 6.08 Å². The van der Waals surface area contributed by atoms with Crippen molar-refractivity contribution >= 4 is 23.6 Å². The second-order valence-electron chi connectivity index (χ2n) is 4.40. The van der Waals surface area contributed by atoms with Crippen LogP contribution in [0.25, 0.3) is 6.08 Å². The molecule has 2 rings (SSSR count). The van der Waals surface area contributed by atoms with Gasteiger partial charge < -0.3 is 14.8 Å². The maximum absolute atomic E-state index is 12.0. The van der Waals surface area contributed by atoms with Crippen molar-refractivity contribution in [1.82, 2.24) is 0 Å². The zero-order valence-corrected chi connectivity index (χ0v) is 11.9. The average Bonchev–Trinajstić information content (AvgIpc) is 3.05. The Morgan fingerprint density at radius 3 is 2.52 bits per heavy atom. The first kappa shape index (κ1) is 15.8. The molecule has 0 spiro atoms. The van der Waals surface area contributed by atoms with E-state index in [0.29, 0.717) is 11.4 Å². The van der Waals surface area contributed by atoms with E-state index < -0.39 is 11.9 Å². The molecule has 0 aliphatic carbocycles. The number of aromatic carboxylic acids is 1. The molecule has 1 aromatic carbocycles. The summed E-state index contributed by atoms with van der Waals surface area (Å²) in [6, 6.07) is 10.9. The van der Waals surface area contributed by atoms with Crippen LogP contribution in [-0.2, 0) is 4.79 Å². The maximum atomic E-state index is 12.0. The SMILES string of the molecule is N#C/C(=C/C=C/c1ccco1)C(=O)Nc1ccc(C(=O)O)cc1. The Balaban J connectivity index is 2.05. The molecule has 1 heterocycles. The Kier molecular flexibility index (Phi) is 5.10. The van der Waals surface area contributed by atoms with E-state index >= 15 is 0 Å². The van der Waals surface area contributed by atoms with E-state index in [-0.39, 0.29) is 11.1 Å². The third kappa shape index (κ3) is 4.44. The molecular weight excluding hydrogens is 296 g/mol. The Bertz CT molecular complexity index is 794. The molecular formula is C17H12N2O4. The molecule has 2 aromatic rings. The Hall–Kier alpha value is -3.59. The molecule has 0 saturated carbocycles. The van der Waals surface area contributed by atoms with Crippen molar-refractivity contribution in [3.63, 3.8) is 0 Å². The van der Waals surface area contributed by atoms with Gasteiger partial charge in [0.25, 0.3) is 5.91 Å². The number of carbonyl (C=O) groups excluding carboxylic acids is 1. The second kappa shape index (κ2) is 7.43. The summed E-state index contributed by atoms with van der Waals surface area (Å²) in [5.74, 6) is -1.04. The third-order valence-electron chi connectivity index (χ3n) is 2.82. The van der Waals surface area contributed by atoms with Gasteiger partial charge in [0.05, 0.1) is 11.8 Å². The van der Waals surface area contributed by atoms with Gasteiger partial charge in [-0.3, -0.25) is 4.79 Å². The molecule has 114 valence electrons. The molecule has 0 aliphatic rings. The molecule has 2 N–H and O–H groups in total. The predicted molar refractivity (Wildman–Crippen MR) is 83.5 cm³/mol. The molecule has 0 aliphatic heterocycles. The van der Waals surface area contributed by atoms with Crippen LogP contribution in [0.3, 0.4) is 0 Å². The molecule has 0 unspecified atom stereocenters. The summed E-state index contributed by atoms with van der Waals surface area (Å²) in [6.07, 6.45) is 6.03. The fourth-order valence-corrected chi connectivity index (χ4v) is 1.68. The van der Waals surface area contributed by atoms with E-state index in [1.807, 2.05) is 0 Å². The van der Waals surface area contributed by atoms with Crippen molar-refractivity contribution in [2.75, 3.05) is 5.32 Å². The van der Waals surface area contributed by atoms with Crippen molar-refractivity contribution in [1.29, 1.82) is 5.26 Å². The standard InChI is InChI=1S/C17H12N2O4/c18-11-13(3-1-4-15-5-2-10-23-15)16(20)19-14-8-6-12(7-9-14)17(21)22/h1-10H,(H,19,20)(H,21,22)/b4-1+,13-3-. The highest BCUT2D eigenvalue weighted by molar-refractivity contribution is 6.07. The minimum absolute atomic E-state index is 0.0879. The van der Waals surface area contributed by atoms with Crippen LogP contribution >= 0.6 is 0 Å². The highest BCUT2D eigenvalue weighted by Crippen LogP contribution is 2.11. The first-order valence-corrected chi connectivity index (χ1v) is 6.57. The van der Waals surface area contributed by atoms with E-state index in [4.69, 9.17) is 14.8 Å². The summed E-state index contributed by atoms with van der Waals surface area (Å²) < 4.78 is 5.09. The number of nitrogens with zero attached hydrogens (tertiary/aromatic N) is 1. The Labute approximate surface area is 132 Å². The Morgan fingerprint density at radius 2 is 1.96 bits per heavy atom. The molecule has 6 heteroatoms. The maximum Gasteiger partial charge on any atom is 0.335 e. The van der Waals surface area contributed by atoms with Crippen LogP contribution in [0.5, 0.6) is 0 Å². The topological polar surface area (TPSA) is 103 Å². The molecule has 0 radical (unpaired) electrons. The summed E-state index contributed by atoms with van der Waals surface area (Å²) in [5, 5.41) is 20.4. The highest BCUT2D eigenvalue weighted by Gasteiger charge is 2.09. The summed E-state index contributed by atoms with van der Waals surface area (Å²) in [7, 11) is 0. The number of nitrogens with one attached hydrogen (secondary N) is 1. The predicted octanol–water partition coefficient (Wildman–Crippen LogP) is 3.08. The van der Waals surface area contributed by atoms with Gasteiger partial charge in [0.15, 0.2) is 0 Å². The molecule has 6 nitrogen and oxygen atoms in total. The summed E-state index contributed by atoms with van der Waals surface area (Å²) in [4.78, 5) is 22.7. The van der Waals surface area contributed by atoms with Crippen LogP contribution in [0.2, 0.25) is 0 Å². The molecule has 0 fully saturated rings. The number of furan rings is 1. The van der Waals surface area contributed by atoms with Gasteiger partial charge in [-0.25, -0.2) is 4.79 Å². The third-order valence-corrected chi connectivity index (χ3v) is 2.82. The zero-order chi connectivity index (χ0) is 16.7. The number of hydrogen-bond donors (Lipinski definition) is 2. The van der Waals surface area contributed by atoms with Crippen LogP contribution < -0.4 is 5.32 Å². The summed E-state index contributed by atoms with van der Waals surface area (Å²) >= 11 is 0. The lowest BCUT2D eigenvalue weighted by Crippen LogP contribution is -2.13. The number of rotatable bonds is 5. The number of nitriles is 1. The lowest BCUT2D eigenvalue weighted by Gasteiger charge is -2.04. The Morgan fingerprint density at radius 1 is 1.22 bits per heavy atom. The molecule has 1 aromatic heterocycles. The van der Waals surface area contributed by atoms with Gasteiger partial charge >= 0.3 is 5.97 Å². The van der Waals surface area contributed by atoms with Gasteiger partial charge in [0, 0.05) is 5.69 Å². The lowest BCUT2D eigenvalue weighted by atomic mass is 10.2. The number of amides is 1. The average molecular weight is 308 g/mol. The number of carbonyl (C=O) groups is 2. The van der Waals surface area contributed by atoms with Gasteiger partial charge in [-0.15, -0.1) is 0 Å². The molecule has 23 heavy (non-hydrogen) atoms. The van der Waals surface area contributed by atoms with Gasteiger partial charge in [0.2, 0.25) is 0 Å². The van der Waals surface area contributed by atoms with Crippen LogP contribution in [0.4, 0.5) is 5.69 Å². The van der Waals surface area contributed by atoms with Crippen molar-refractivity contribution in [2.24, 2.45) is 0 Å². The summed E-state index contributed by atoms with van der Waals surface area (Å²) in [6.45, 7) is 0. The van der Waals surface area contributed by atoms with E-state index in [1.54, 1.807) is 24.3 Å². The quantitative estimate of drug-likeness (QED) is 0.502. The van der Waals surface area contributed by atoms with E-state index in [1.165, 1.54) is 42.7 Å². The molecule has 1 amide bonds. The normalized spacial score (nSPS) is 11.2. The summed E-state index contributed by atoms with van der Waals surface area (Å²) in [5.41, 5.74) is 0.423. The molecule has 0 bridgehead atoms. The van der Waals surface area contributed by atoms with E-state index in [0.717, 1.165) is 0 Å². The largest absolute Gasteiger partial charge is 0.478 e. The monoisotopic (exact) mass is 308 g/mol. The van der Waals surface area contributed by atoms with Crippen molar-refractivity contribution in [2.45, 2.75) is 0 Å². The fourth-order valence-electron chi connectivity index (χ4n) is 1.68. The van der Waals surface area contributed by atoms with E-state index in [9.17, 15) is 9.59 Å². The number of hydrogen-bond acceptors (Lipinski definition) is 4. The minimum Gasteiger partial charge on any atom is -0.478 e. The van der Waals surface area contributed by atoms with Crippen LogP contribution in [0, 0.1) is 11.3 Å². The van der Waals surface area contributed by atoms with Crippen LogP contribution in [0.1, 0.15) is 16.1 Å². The molecule has 0 saturated heterocycles. The minimum atomic E-state index is -1.05. The first-order valence-electron chi connectivity index (χ1n) is 6.57. The van der Waals surface area contributed by atoms with Crippen LogP contribution in [0.15, 0.2) is 64.8 Å². The van der Waals surface area contributed by atoms with Crippen molar-refractivity contribution in [3.05, 3.63) is 71.7 Å². The van der Waals surface area contributed by atoms with Crippen molar-refractivity contribution < 1.29 is 19.1 Å².